The third-order valence-electron chi connectivity index (χ3n) is 5.08. The molecule has 0 fully saturated rings. The number of allylic oxidation sites excluding steroid dienone is 1. The van der Waals surface area contributed by atoms with E-state index in [0.29, 0.717) is 19.6 Å². The summed E-state index contributed by atoms with van der Waals surface area (Å²) in [6.45, 7) is 5.70. The minimum atomic E-state index is 0.0291. The standard InChI is InChI=1S/C25H31N3O3/c1-4-10-19-13-14-22(23(17-19)30-3)31-16-9-8-15-28-21-12-7-6-11-20(21)27-24(28)18-26-25(29)5-2/h4,6-7,10-14,17H,5,8-9,15-16,18H2,1-3H3,(H,26,29)/b10-4+. The van der Waals surface area contributed by atoms with Gasteiger partial charge in [0.25, 0.3) is 0 Å². The summed E-state index contributed by atoms with van der Waals surface area (Å²) in [5.41, 5.74) is 3.12. The largest absolute Gasteiger partial charge is 0.493 e. The second kappa shape index (κ2) is 11.2. The third-order valence-corrected chi connectivity index (χ3v) is 5.08. The number of methoxy groups -OCH3 is 1. The molecular weight excluding hydrogens is 390 g/mol. The van der Waals surface area contributed by atoms with Crippen molar-refractivity contribution in [3.8, 4) is 11.5 Å². The summed E-state index contributed by atoms with van der Waals surface area (Å²) < 4.78 is 13.6. The van der Waals surface area contributed by atoms with Crippen LogP contribution in [0.5, 0.6) is 11.5 Å². The van der Waals surface area contributed by atoms with Gasteiger partial charge in [-0.15, -0.1) is 0 Å². The van der Waals surface area contributed by atoms with Crippen molar-refractivity contribution in [2.75, 3.05) is 13.7 Å². The molecule has 0 radical (unpaired) electrons. The number of benzene rings is 2. The second-order valence-electron chi connectivity index (χ2n) is 7.26. The third kappa shape index (κ3) is 5.87. The molecule has 3 rings (SSSR count). The first kappa shape index (κ1) is 22.4. The van der Waals surface area contributed by atoms with E-state index >= 15 is 0 Å². The van der Waals surface area contributed by atoms with E-state index in [0.717, 1.165) is 53.3 Å². The van der Waals surface area contributed by atoms with E-state index in [1.54, 1.807) is 7.11 Å². The number of amides is 1. The highest BCUT2D eigenvalue weighted by Crippen LogP contribution is 2.28. The lowest BCUT2D eigenvalue weighted by Crippen LogP contribution is -2.23. The van der Waals surface area contributed by atoms with Gasteiger partial charge in [0, 0.05) is 13.0 Å². The summed E-state index contributed by atoms with van der Waals surface area (Å²) >= 11 is 0. The molecule has 0 aliphatic carbocycles. The monoisotopic (exact) mass is 421 g/mol. The predicted octanol–water partition coefficient (Wildman–Crippen LogP) is 4.96. The number of hydrogen-bond donors (Lipinski definition) is 1. The Morgan fingerprint density at radius 2 is 2.00 bits per heavy atom. The van der Waals surface area contributed by atoms with Crippen LogP contribution in [0.4, 0.5) is 0 Å². The number of aryl methyl sites for hydroxylation is 1. The Kier molecular flexibility index (Phi) is 8.10. The van der Waals surface area contributed by atoms with Crippen molar-refractivity contribution in [3.05, 3.63) is 59.9 Å². The van der Waals surface area contributed by atoms with E-state index in [9.17, 15) is 4.79 Å². The highest BCUT2D eigenvalue weighted by Gasteiger charge is 2.11. The van der Waals surface area contributed by atoms with Gasteiger partial charge in [0.2, 0.25) is 5.91 Å². The molecule has 0 saturated heterocycles. The fourth-order valence-electron chi connectivity index (χ4n) is 3.47. The number of imidazole rings is 1. The number of nitrogens with zero attached hydrogens (tertiary/aromatic N) is 2. The van der Waals surface area contributed by atoms with Crippen LogP contribution in [-0.2, 0) is 17.9 Å². The number of carbonyl (C=O) groups is 1. The predicted molar refractivity (Wildman–Crippen MR) is 124 cm³/mol. The Hall–Kier alpha value is -3.28. The highest BCUT2D eigenvalue weighted by molar-refractivity contribution is 5.77. The first-order valence-electron chi connectivity index (χ1n) is 10.8. The lowest BCUT2D eigenvalue weighted by Gasteiger charge is -2.12. The molecular formula is C25H31N3O3. The molecule has 0 aliphatic heterocycles. The van der Waals surface area contributed by atoms with Crippen LogP contribution in [0.3, 0.4) is 0 Å². The summed E-state index contributed by atoms with van der Waals surface area (Å²) in [5, 5.41) is 2.93. The number of nitrogens with one attached hydrogen (secondary N) is 1. The first-order valence-corrected chi connectivity index (χ1v) is 10.8. The summed E-state index contributed by atoms with van der Waals surface area (Å²) in [4.78, 5) is 16.4. The van der Waals surface area contributed by atoms with Crippen LogP contribution in [0.15, 0.2) is 48.5 Å². The number of ether oxygens (including phenoxy) is 2. The molecule has 3 aromatic rings. The second-order valence-corrected chi connectivity index (χ2v) is 7.26. The Labute approximate surface area is 183 Å². The molecule has 164 valence electrons. The van der Waals surface area contributed by atoms with Crippen LogP contribution in [-0.4, -0.2) is 29.2 Å². The molecule has 1 aromatic heterocycles. The van der Waals surface area contributed by atoms with E-state index in [4.69, 9.17) is 14.5 Å². The van der Waals surface area contributed by atoms with Gasteiger partial charge in [-0.2, -0.15) is 0 Å². The molecule has 2 aromatic carbocycles. The minimum Gasteiger partial charge on any atom is -0.493 e. The van der Waals surface area contributed by atoms with E-state index in [1.807, 2.05) is 62.4 Å². The molecule has 31 heavy (non-hydrogen) atoms. The summed E-state index contributed by atoms with van der Waals surface area (Å²) in [6.07, 6.45) is 6.33. The van der Waals surface area contributed by atoms with Crippen LogP contribution >= 0.6 is 0 Å². The van der Waals surface area contributed by atoms with Gasteiger partial charge >= 0.3 is 0 Å². The molecule has 1 amide bonds. The number of fused-ring (bicyclic) bond motifs is 1. The molecule has 0 saturated carbocycles. The van der Waals surface area contributed by atoms with Gasteiger partial charge in [-0.05, 0) is 49.6 Å². The molecule has 0 spiro atoms. The Morgan fingerprint density at radius 1 is 1.16 bits per heavy atom. The van der Waals surface area contributed by atoms with Gasteiger partial charge in [0.1, 0.15) is 5.82 Å². The number of aromatic nitrogens is 2. The van der Waals surface area contributed by atoms with Crippen molar-refractivity contribution in [1.82, 2.24) is 14.9 Å². The zero-order valence-corrected chi connectivity index (χ0v) is 18.6. The quantitative estimate of drug-likeness (QED) is 0.444. The zero-order chi connectivity index (χ0) is 22.1. The van der Waals surface area contributed by atoms with Gasteiger partial charge in [0.15, 0.2) is 11.5 Å². The Balaban J connectivity index is 1.58. The number of unbranched alkanes of at least 4 members (excludes halogenated alkanes) is 1. The smallest absolute Gasteiger partial charge is 0.220 e. The van der Waals surface area contributed by atoms with Crippen molar-refractivity contribution in [3.63, 3.8) is 0 Å². The summed E-state index contributed by atoms with van der Waals surface area (Å²) in [7, 11) is 1.66. The molecule has 0 unspecified atom stereocenters. The summed E-state index contributed by atoms with van der Waals surface area (Å²) in [6, 6.07) is 14.0. The van der Waals surface area contributed by atoms with Crippen molar-refractivity contribution >= 4 is 23.0 Å². The maximum atomic E-state index is 11.7. The van der Waals surface area contributed by atoms with Crippen molar-refractivity contribution in [1.29, 1.82) is 0 Å². The maximum absolute atomic E-state index is 11.7. The van der Waals surface area contributed by atoms with E-state index in [-0.39, 0.29) is 5.91 Å². The molecule has 0 aliphatic rings. The fourth-order valence-corrected chi connectivity index (χ4v) is 3.47. The SMILES string of the molecule is C/C=C/c1ccc(OCCCCn2c(CNC(=O)CC)nc3ccccc32)c(OC)c1. The van der Waals surface area contributed by atoms with Crippen LogP contribution in [0, 0.1) is 0 Å². The Morgan fingerprint density at radius 3 is 2.77 bits per heavy atom. The normalized spacial score (nSPS) is 11.2. The molecule has 6 nitrogen and oxygen atoms in total. The maximum Gasteiger partial charge on any atom is 0.220 e. The average molecular weight is 422 g/mol. The van der Waals surface area contributed by atoms with Crippen LogP contribution < -0.4 is 14.8 Å². The minimum absolute atomic E-state index is 0.0291. The number of para-hydroxylation sites is 2. The fraction of sp³-hybridized carbons (Fsp3) is 0.360. The average Bonchev–Trinajstić information content (AvgIpc) is 3.15. The zero-order valence-electron chi connectivity index (χ0n) is 18.6. The summed E-state index contributed by atoms with van der Waals surface area (Å²) in [5.74, 6) is 2.41. The van der Waals surface area contributed by atoms with Gasteiger partial charge in [-0.25, -0.2) is 4.98 Å². The lowest BCUT2D eigenvalue weighted by atomic mass is 10.2. The molecule has 0 atom stereocenters. The van der Waals surface area contributed by atoms with Crippen molar-refractivity contribution in [2.45, 2.75) is 46.2 Å². The lowest BCUT2D eigenvalue weighted by molar-refractivity contribution is -0.120. The van der Waals surface area contributed by atoms with E-state index in [1.165, 1.54) is 0 Å². The molecule has 1 heterocycles. The topological polar surface area (TPSA) is 65.4 Å². The Bertz CT molecular complexity index is 1040. The number of rotatable bonds is 11. The first-order chi connectivity index (χ1) is 15.2. The van der Waals surface area contributed by atoms with Crippen LogP contribution in [0.1, 0.15) is 44.5 Å². The van der Waals surface area contributed by atoms with Crippen molar-refractivity contribution < 1.29 is 14.3 Å². The molecule has 6 heteroatoms. The van der Waals surface area contributed by atoms with Gasteiger partial charge in [0.05, 0.1) is 31.3 Å². The van der Waals surface area contributed by atoms with Gasteiger partial charge < -0.3 is 19.4 Å². The molecule has 1 N–H and O–H groups in total. The van der Waals surface area contributed by atoms with Crippen LogP contribution in [0.2, 0.25) is 0 Å². The molecule has 0 bridgehead atoms. The highest BCUT2D eigenvalue weighted by atomic mass is 16.5. The van der Waals surface area contributed by atoms with Gasteiger partial charge in [-0.3, -0.25) is 4.79 Å². The van der Waals surface area contributed by atoms with E-state index in [2.05, 4.69) is 16.0 Å². The number of hydrogen-bond acceptors (Lipinski definition) is 4. The van der Waals surface area contributed by atoms with E-state index < -0.39 is 0 Å². The number of carbonyl (C=O) groups excluding carboxylic acids is 1. The van der Waals surface area contributed by atoms with Crippen LogP contribution in [0.25, 0.3) is 17.1 Å². The van der Waals surface area contributed by atoms with Crippen molar-refractivity contribution in [2.24, 2.45) is 0 Å². The van der Waals surface area contributed by atoms with Gasteiger partial charge in [-0.1, -0.05) is 37.3 Å².